The molecule has 0 aromatic rings. The standard InChI is InChI=1S/C5H13NO3S/c1-10(8,9)5(6)3-2-4-7/h5,7H,2-4,6H2,1H3. The third-order valence-electron chi connectivity index (χ3n) is 1.20. The van der Waals surface area contributed by atoms with Gasteiger partial charge in [-0.3, -0.25) is 0 Å². The van der Waals surface area contributed by atoms with Gasteiger partial charge in [-0.15, -0.1) is 0 Å². The molecule has 0 rings (SSSR count). The van der Waals surface area contributed by atoms with Gasteiger partial charge in [-0.25, -0.2) is 8.42 Å². The Balaban J connectivity index is 3.75. The van der Waals surface area contributed by atoms with Crippen LogP contribution in [0.3, 0.4) is 0 Å². The number of aliphatic hydroxyl groups excluding tert-OH is 1. The van der Waals surface area contributed by atoms with Gasteiger partial charge < -0.3 is 10.8 Å². The van der Waals surface area contributed by atoms with Crippen LogP contribution in [0.15, 0.2) is 0 Å². The molecule has 0 aliphatic carbocycles. The van der Waals surface area contributed by atoms with E-state index in [1.807, 2.05) is 0 Å². The molecule has 0 aliphatic heterocycles. The maximum Gasteiger partial charge on any atom is 0.163 e. The second kappa shape index (κ2) is 3.90. The first kappa shape index (κ1) is 9.87. The summed E-state index contributed by atoms with van der Waals surface area (Å²) >= 11 is 0. The Labute approximate surface area is 61.0 Å². The van der Waals surface area contributed by atoms with Gasteiger partial charge in [-0.05, 0) is 12.8 Å². The predicted octanol–water partition coefficient (Wildman–Crippen LogP) is -0.912. The molecule has 0 aromatic carbocycles. The summed E-state index contributed by atoms with van der Waals surface area (Å²) in [4.78, 5) is 0. The lowest BCUT2D eigenvalue weighted by Gasteiger charge is -2.06. The number of sulfone groups is 1. The van der Waals surface area contributed by atoms with Crippen molar-refractivity contribution in [3.63, 3.8) is 0 Å². The number of hydrogen-bond donors (Lipinski definition) is 2. The van der Waals surface area contributed by atoms with E-state index in [9.17, 15) is 8.42 Å². The summed E-state index contributed by atoms with van der Waals surface area (Å²) < 4.78 is 21.3. The fourth-order valence-corrected chi connectivity index (χ4v) is 1.10. The Hall–Kier alpha value is -0.130. The molecule has 0 heterocycles. The Bertz CT molecular complexity index is 175. The summed E-state index contributed by atoms with van der Waals surface area (Å²) in [5.74, 6) is 0. The molecule has 0 aliphatic rings. The lowest BCUT2D eigenvalue weighted by atomic mass is 10.3. The second-order valence-electron chi connectivity index (χ2n) is 2.23. The number of nitrogens with two attached hydrogens (primary N) is 1. The largest absolute Gasteiger partial charge is 0.396 e. The molecule has 0 saturated carbocycles. The van der Waals surface area contributed by atoms with E-state index in [0.29, 0.717) is 12.8 Å². The lowest BCUT2D eigenvalue weighted by Crippen LogP contribution is -2.29. The molecule has 4 nitrogen and oxygen atoms in total. The molecule has 62 valence electrons. The second-order valence-corrected chi connectivity index (χ2v) is 4.50. The van der Waals surface area contributed by atoms with Crippen molar-refractivity contribution in [1.29, 1.82) is 0 Å². The Morgan fingerprint density at radius 3 is 2.40 bits per heavy atom. The van der Waals surface area contributed by atoms with Crippen molar-refractivity contribution in [2.75, 3.05) is 12.9 Å². The van der Waals surface area contributed by atoms with Gasteiger partial charge in [0.1, 0.15) is 5.37 Å². The van der Waals surface area contributed by atoms with E-state index in [-0.39, 0.29) is 6.61 Å². The molecular weight excluding hydrogens is 154 g/mol. The highest BCUT2D eigenvalue weighted by atomic mass is 32.2. The van der Waals surface area contributed by atoms with Crippen LogP contribution in [0.25, 0.3) is 0 Å². The monoisotopic (exact) mass is 167 g/mol. The van der Waals surface area contributed by atoms with Crippen LogP contribution in [0.4, 0.5) is 0 Å². The van der Waals surface area contributed by atoms with E-state index in [2.05, 4.69) is 0 Å². The number of rotatable bonds is 4. The van der Waals surface area contributed by atoms with E-state index < -0.39 is 15.2 Å². The van der Waals surface area contributed by atoms with E-state index in [0.717, 1.165) is 6.26 Å². The van der Waals surface area contributed by atoms with Gasteiger partial charge in [0.2, 0.25) is 0 Å². The van der Waals surface area contributed by atoms with Gasteiger partial charge in [-0.1, -0.05) is 0 Å². The van der Waals surface area contributed by atoms with Gasteiger partial charge in [0.15, 0.2) is 9.84 Å². The Kier molecular flexibility index (Phi) is 3.85. The van der Waals surface area contributed by atoms with Crippen LogP contribution in [0.5, 0.6) is 0 Å². The summed E-state index contributed by atoms with van der Waals surface area (Å²) in [5, 5.41) is 7.51. The van der Waals surface area contributed by atoms with Gasteiger partial charge in [0.25, 0.3) is 0 Å². The molecule has 0 radical (unpaired) electrons. The van der Waals surface area contributed by atoms with Crippen LogP contribution in [-0.4, -0.2) is 31.8 Å². The molecule has 0 spiro atoms. The molecule has 5 heteroatoms. The third-order valence-corrected chi connectivity index (χ3v) is 2.53. The van der Waals surface area contributed by atoms with Crippen molar-refractivity contribution in [2.45, 2.75) is 18.2 Å². The smallest absolute Gasteiger partial charge is 0.163 e. The Morgan fingerprint density at radius 1 is 1.60 bits per heavy atom. The van der Waals surface area contributed by atoms with E-state index in [1.54, 1.807) is 0 Å². The first-order chi connectivity index (χ1) is 4.48. The zero-order valence-electron chi connectivity index (χ0n) is 5.95. The van der Waals surface area contributed by atoms with E-state index in [4.69, 9.17) is 10.8 Å². The van der Waals surface area contributed by atoms with Gasteiger partial charge in [-0.2, -0.15) is 0 Å². The lowest BCUT2D eigenvalue weighted by molar-refractivity contribution is 0.283. The molecule has 1 atom stereocenters. The van der Waals surface area contributed by atoms with Crippen LogP contribution in [0.2, 0.25) is 0 Å². The molecular formula is C5H13NO3S. The summed E-state index contributed by atoms with van der Waals surface area (Å²) in [6, 6.07) is 0. The summed E-state index contributed by atoms with van der Waals surface area (Å²) in [6.45, 7) is -0.0107. The maximum atomic E-state index is 10.6. The zero-order chi connectivity index (χ0) is 8.20. The van der Waals surface area contributed by atoms with Crippen LogP contribution >= 0.6 is 0 Å². The van der Waals surface area contributed by atoms with E-state index in [1.165, 1.54) is 0 Å². The molecule has 0 fully saturated rings. The fourth-order valence-electron chi connectivity index (χ4n) is 0.507. The molecule has 0 bridgehead atoms. The van der Waals surface area contributed by atoms with Gasteiger partial charge in [0, 0.05) is 12.9 Å². The van der Waals surface area contributed by atoms with E-state index >= 15 is 0 Å². The maximum absolute atomic E-state index is 10.6. The number of hydrogen-bond acceptors (Lipinski definition) is 4. The minimum Gasteiger partial charge on any atom is -0.396 e. The average Bonchev–Trinajstić information content (AvgIpc) is 1.80. The first-order valence-corrected chi connectivity index (χ1v) is 4.99. The highest BCUT2D eigenvalue weighted by Gasteiger charge is 2.13. The summed E-state index contributed by atoms with van der Waals surface area (Å²) in [7, 11) is -3.11. The molecule has 1 unspecified atom stereocenters. The van der Waals surface area contributed by atoms with Crippen molar-refractivity contribution in [2.24, 2.45) is 5.73 Å². The van der Waals surface area contributed by atoms with Crippen LogP contribution in [-0.2, 0) is 9.84 Å². The first-order valence-electron chi connectivity index (χ1n) is 3.04. The van der Waals surface area contributed by atoms with Crippen LogP contribution in [0, 0.1) is 0 Å². The summed E-state index contributed by atoms with van der Waals surface area (Å²) in [6.07, 6.45) is 1.86. The van der Waals surface area contributed by atoms with Crippen molar-refractivity contribution in [3.05, 3.63) is 0 Å². The fraction of sp³-hybridized carbons (Fsp3) is 1.00. The van der Waals surface area contributed by atoms with Crippen LogP contribution in [0.1, 0.15) is 12.8 Å². The van der Waals surface area contributed by atoms with Crippen molar-refractivity contribution in [1.82, 2.24) is 0 Å². The summed E-state index contributed by atoms with van der Waals surface area (Å²) in [5.41, 5.74) is 5.24. The highest BCUT2D eigenvalue weighted by molar-refractivity contribution is 7.91. The third kappa shape index (κ3) is 3.81. The topological polar surface area (TPSA) is 80.4 Å². The van der Waals surface area contributed by atoms with Gasteiger partial charge >= 0.3 is 0 Å². The number of aliphatic hydroxyl groups is 1. The van der Waals surface area contributed by atoms with Gasteiger partial charge in [0.05, 0.1) is 0 Å². The average molecular weight is 167 g/mol. The molecule has 10 heavy (non-hydrogen) atoms. The quantitative estimate of drug-likeness (QED) is 0.568. The predicted molar refractivity (Wildman–Crippen MR) is 39.1 cm³/mol. The minimum atomic E-state index is -3.11. The van der Waals surface area contributed by atoms with Crippen molar-refractivity contribution >= 4 is 9.84 Å². The normalized spacial score (nSPS) is 15.1. The molecule has 0 aromatic heterocycles. The minimum absolute atomic E-state index is 0.0107. The highest BCUT2D eigenvalue weighted by Crippen LogP contribution is 1.99. The molecule has 0 saturated heterocycles. The molecule has 0 amide bonds. The van der Waals surface area contributed by atoms with Crippen LogP contribution < -0.4 is 5.73 Å². The van der Waals surface area contributed by atoms with Crippen molar-refractivity contribution in [3.8, 4) is 0 Å². The molecule has 3 N–H and O–H groups in total. The SMILES string of the molecule is CS(=O)(=O)C(N)CCCO. The zero-order valence-corrected chi connectivity index (χ0v) is 6.76. The Morgan fingerprint density at radius 2 is 2.10 bits per heavy atom. The van der Waals surface area contributed by atoms with Crippen molar-refractivity contribution < 1.29 is 13.5 Å².